The van der Waals surface area contributed by atoms with E-state index in [9.17, 15) is 18.0 Å². The normalized spacial score (nSPS) is 17.6. The summed E-state index contributed by atoms with van der Waals surface area (Å²) in [6, 6.07) is 1.74. The number of hydrogen-bond donors (Lipinski definition) is 1. The molecule has 9 heteroatoms. The molecule has 1 aromatic heterocycles. The minimum atomic E-state index is -3.81. The number of nitrogens with zero attached hydrogens (tertiary/aromatic N) is 3. The zero-order chi connectivity index (χ0) is 18.2. The number of aromatic nitrogens is 2. The van der Waals surface area contributed by atoms with E-state index in [1.165, 1.54) is 24.3 Å². The maximum absolute atomic E-state index is 12.5. The smallest absolute Gasteiger partial charge is 0.260 e. The van der Waals surface area contributed by atoms with E-state index < -0.39 is 21.8 Å². The second-order valence-electron chi connectivity index (χ2n) is 5.72. The van der Waals surface area contributed by atoms with Crippen LogP contribution in [-0.4, -0.2) is 35.1 Å². The van der Waals surface area contributed by atoms with Crippen molar-refractivity contribution in [3.63, 3.8) is 0 Å². The fourth-order valence-electron chi connectivity index (χ4n) is 2.66. The summed E-state index contributed by atoms with van der Waals surface area (Å²) >= 11 is 0. The van der Waals surface area contributed by atoms with Gasteiger partial charge in [0.15, 0.2) is 0 Å². The highest BCUT2D eigenvalue weighted by Crippen LogP contribution is 2.27. The molecule has 0 aromatic carbocycles. The predicted molar refractivity (Wildman–Crippen MR) is 90.4 cm³/mol. The standard InChI is InChI=1S/C16H16N4O4S/c1-10-9-11(2)18-16(17-10)19-25(23,24)13-5-3-12(4-6-13)20-14(21)7-8-15(20)22/h3,5,7-9H,4,6H2,1-2H3,(H,17,18,19). The number of carbonyl (C=O) groups is 2. The number of hydrogen-bond acceptors (Lipinski definition) is 6. The van der Waals surface area contributed by atoms with Crippen LogP contribution in [-0.2, 0) is 19.6 Å². The summed E-state index contributed by atoms with van der Waals surface area (Å²) < 4.78 is 27.3. The Labute approximate surface area is 145 Å². The number of carbonyl (C=O) groups excluding carboxylic acids is 2. The van der Waals surface area contributed by atoms with E-state index in [2.05, 4.69) is 14.7 Å². The van der Waals surface area contributed by atoms with Crippen LogP contribution in [0, 0.1) is 13.8 Å². The van der Waals surface area contributed by atoms with Gasteiger partial charge in [-0.05, 0) is 44.9 Å². The van der Waals surface area contributed by atoms with Crippen molar-refractivity contribution >= 4 is 27.8 Å². The van der Waals surface area contributed by atoms with Crippen molar-refractivity contribution in [3.05, 3.63) is 52.4 Å². The molecular weight excluding hydrogens is 344 g/mol. The van der Waals surface area contributed by atoms with Crippen LogP contribution in [0.2, 0.25) is 0 Å². The van der Waals surface area contributed by atoms with Crippen molar-refractivity contribution in [2.45, 2.75) is 26.7 Å². The fourth-order valence-corrected chi connectivity index (χ4v) is 3.74. The Hall–Kier alpha value is -2.81. The fraction of sp³-hybridized carbons (Fsp3) is 0.250. The van der Waals surface area contributed by atoms with Crippen molar-refractivity contribution in [1.82, 2.24) is 14.9 Å². The summed E-state index contributed by atoms with van der Waals surface area (Å²) in [5.74, 6) is -0.822. The summed E-state index contributed by atoms with van der Waals surface area (Å²) in [4.78, 5) is 32.7. The first-order valence-corrected chi connectivity index (χ1v) is 9.05. The van der Waals surface area contributed by atoms with Crippen molar-refractivity contribution in [2.24, 2.45) is 0 Å². The quantitative estimate of drug-likeness (QED) is 0.811. The molecule has 1 aromatic rings. The van der Waals surface area contributed by atoms with E-state index in [1.54, 1.807) is 19.9 Å². The molecule has 0 atom stereocenters. The number of nitrogens with one attached hydrogen (secondary N) is 1. The molecule has 0 saturated carbocycles. The molecule has 0 unspecified atom stereocenters. The zero-order valence-corrected chi connectivity index (χ0v) is 14.5. The third kappa shape index (κ3) is 3.50. The van der Waals surface area contributed by atoms with E-state index in [1.807, 2.05) is 0 Å². The van der Waals surface area contributed by atoms with Crippen LogP contribution < -0.4 is 4.72 Å². The lowest BCUT2D eigenvalue weighted by molar-refractivity contribution is -0.134. The Morgan fingerprint density at radius 3 is 2.12 bits per heavy atom. The van der Waals surface area contributed by atoms with Gasteiger partial charge in [0.25, 0.3) is 21.8 Å². The molecule has 0 bridgehead atoms. The maximum atomic E-state index is 12.5. The molecule has 1 aliphatic heterocycles. The minimum Gasteiger partial charge on any atom is -0.269 e. The molecule has 0 saturated heterocycles. The number of anilines is 1. The average molecular weight is 360 g/mol. The summed E-state index contributed by atoms with van der Waals surface area (Å²) in [7, 11) is -3.81. The number of aryl methyl sites for hydroxylation is 2. The highest BCUT2D eigenvalue weighted by molar-refractivity contribution is 7.96. The van der Waals surface area contributed by atoms with E-state index >= 15 is 0 Å². The highest BCUT2D eigenvalue weighted by atomic mass is 32.2. The minimum absolute atomic E-state index is 0.0160. The maximum Gasteiger partial charge on any atom is 0.260 e. The molecule has 0 radical (unpaired) electrons. The molecule has 1 N–H and O–H groups in total. The molecule has 130 valence electrons. The SMILES string of the molecule is Cc1cc(C)nc(NS(=O)(=O)C2=CC=C(N3C(=O)C=CC3=O)CC2)n1. The summed E-state index contributed by atoms with van der Waals surface area (Å²) in [5.41, 5.74) is 1.79. The Morgan fingerprint density at radius 2 is 1.60 bits per heavy atom. The molecule has 1 aliphatic carbocycles. The number of amides is 2. The Morgan fingerprint density at radius 1 is 1.00 bits per heavy atom. The lowest BCUT2D eigenvalue weighted by atomic mass is 10.1. The number of rotatable bonds is 4. The highest BCUT2D eigenvalue weighted by Gasteiger charge is 2.29. The molecule has 25 heavy (non-hydrogen) atoms. The number of allylic oxidation sites excluding steroid dienone is 4. The van der Waals surface area contributed by atoms with E-state index in [4.69, 9.17) is 0 Å². The van der Waals surface area contributed by atoms with Crippen molar-refractivity contribution in [2.75, 3.05) is 4.72 Å². The van der Waals surface area contributed by atoms with Gasteiger partial charge >= 0.3 is 0 Å². The Bertz CT molecular complexity index is 922. The van der Waals surface area contributed by atoms with Gasteiger partial charge in [-0.15, -0.1) is 0 Å². The number of sulfonamides is 1. The molecule has 2 heterocycles. The molecule has 2 amide bonds. The topological polar surface area (TPSA) is 109 Å². The Kier molecular flexibility index (Phi) is 4.25. The average Bonchev–Trinajstić information content (AvgIpc) is 2.85. The van der Waals surface area contributed by atoms with Crippen LogP contribution in [0.25, 0.3) is 0 Å². The van der Waals surface area contributed by atoms with Crippen LogP contribution in [0.1, 0.15) is 24.2 Å². The molecule has 0 spiro atoms. The van der Waals surface area contributed by atoms with Gasteiger partial charge in [-0.3, -0.25) is 9.59 Å². The van der Waals surface area contributed by atoms with E-state index in [0.717, 1.165) is 4.90 Å². The Balaban J connectivity index is 1.82. The van der Waals surface area contributed by atoms with Gasteiger partial charge in [0.1, 0.15) is 0 Å². The third-order valence-corrected chi connectivity index (χ3v) is 5.22. The van der Waals surface area contributed by atoms with Crippen molar-refractivity contribution in [1.29, 1.82) is 0 Å². The van der Waals surface area contributed by atoms with Crippen LogP contribution in [0.3, 0.4) is 0 Å². The summed E-state index contributed by atoms with van der Waals surface area (Å²) in [5, 5.41) is 0. The first-order valence-electron chi connectivity index (χ1n) is 7.57. The summed E-state index contributed by atoms with van der Waals surface area (Å²) in [6.45, 7) is 3.50. The van der Waals surface area contributed by atoms with E-state index in [-0.39, 0.29) is 23.7 Å². The largest absolute Gasteiger partial charge is 0.269 e. The molecule has 3 rings (SSSR count). The second-order valence-corrected chi connectivity index (χ2v) is 7.45. The van der Waals surface area contributed by atoms with Crippen LogP contribution in [0.4, 0.5) is 5.95 Å². The van der Waals surface area contributed by atoms with Crippen LogP contribution in [0.15, 0.2) is 41.0 Å². The van der Waals surface area contributed by atoms with Gasteiger partial charge in [0.05, 0.1) is 4.91 Å². The third-order valence-electron chi connectivity index (χ3n) is 3.74. The van der Waals surface area contributed by atoms with Crippen LogP contribution >= 0.6 is 0 Å². The molecular formula is C16H16N4O4S. The van der Waals surface area contributed by atoms with E-state index in [0.29, 0.717) is 17.1 Å². The van der Waals surface area contributed by atoms with Gasteiger partial charge in [0, 0.05) is 29.2 Å². The molecule has 2 aliphatic rings. The van der Waals surface area contributed by atoms with Crippen molar-refractivity contribution < 1.29 is 18.0 Å². The summed E-state index contributed by atoms with van der Waals surface area (Å²) in [6.07, 6.45) is 5.69. The van der Waals surface area contributed by atoms with Crippen LogP contribution in [0.5, 0.6) is 0 Å². The lowest BCUT2D eigenvalue weighted by Gasteiger charge is -2.21. The first kappa shape index (κ1) is 17.0. The van der Waals surface area contributed by atoms with Crippen molar-refractivity contribution in [3.8, 4) is 0 Å². The van der Waals surface area contributed by atoms with Gasteiger partial charge < -0.3 is 0 Å². The monoisotopic (exact) mass is 360 g/mol. The van der Waals surface area contributed by atoms with Gasteiger partial charge in [-0.25, -0.2) is 28.0 Å². The first-order chi connectivity index (χ1) is 11.8. The predicted octanol–water partition coefficient (Wildman–Crippen LogP) is 1.32. The second kappa shape index (κ2) is 6.25. The van der Waals surface area contributed by atoms with Gasteiger partial charge in [-0.1, -0.05) is 0 Å². The molecule has 8 nitrogen and oxygen atoms in total. The zero-order valence-electron chi connectivity index (χ0n) is 13.7. The van der Waals surface area contributed by atoms with Gasteiger partial charge in [0.2, 0.25) is 5.95 Å². The lowest BCUT2D eigenvalue weighted by Crippen LogP contribution is -2.30. The van der Waals surface area contributed by atoms with Gasteiger partial charge in [-0.2, -0.15) is 0 Å². The number of imide groups is 1. The molecule has 0 fully saturated rings.